The van der Waals surface area contributed by atoms with E-state index in [1.54, 1.807) is 18.3 Å². The van der Waals surface area contributed by atoms with Gasteiger partial charge in [0.05, 0.1) is 4.88 Å². The highest BCUT2D eigenvalue weighted by molar-refractivity contribution is 7.14. The van der Waals surface area contributed by atoms with E-state index in [0.29, 0.717) is 6.54 Å². The monoisotopic (exact) mass is 523 g/mol. The minimum atomic E-state index is -0.0218. The third kappa shape index (κ3) is 4.47. The topological polar surface area (TPSA) is 65.2 Å². The molecule has 0 spiro atoms. The van der Waals surface area contributed by atoms with E-state index < -0.39 is 0 Å². The maximum Gasteiger partial charge on any atom is 0.265 e. The zero-order valence-electron chi connectivity index (χ0n) is 22.2. The molecule has 2 N–H and O–H groups in total. The highest BCUT2D eigenvalue weighted by Gasteiger charge is 2.20. The Labute approximate surface area is 227 Å². The van der Waals surface area contributed by atoms with Crippen LogP contribution in [-0.4, -0.2) is 34.8 Å². The van der Waals surface area contributed by atoms with Crippen molar-refractivity contribution < 1.29 is 9.59 Å². The van der Waals surface area contributed by atoms with E-state index in [1.807, 2.05) is 17.0 Å². The molecule has 0 bridgehead atoms. The Hall–Kier alpha value is -3.64. The number of aromatic nitrogens is 1. The first-order valence-electron chi connectivity index (χ1n) is 13.5. The summed E-state index contributed by atoms with van der Waals surface area (Å²) in [6, 6.07) is 14.8. The SMILES string of the molecule is CC(=O)N1CC=C(c2cc3c(-c4cccc(NC(=O)c5cc6c(s5)CCCC6)c4C)ccc(C)c3[nH]2)CC1. The van der Waals surface area contributed by atoms with Crippen molar-refractivity contribution in [2.45, 2.75) is 52.9 Å². The van der Waals surface area contributed by atoms with Crippen molar-refractivity contribution in [1.82, 2.24) is 9.88 Å². The molecule has 1 aliphatic carbocycles. The molecule has 2 aliphatic rings. The molecule has 0 saturated carbocycles. The second-order valence-electron chi connectivity index (χ2n) is 10.5. The number of nitrogens with one attached hydrogen (secondary N) is 2. The van der Waals surface area contributed by atoms with E-state index in [4.69, 9.17) is 0 Å². The van der Waals surface area contributed by atoms with Crippen molar-refractivity contribution in [2.75, 3.05) is 18.4 Å². The molecular formula is C32H33N3O2S. The molecule has 1 aliphatic heterocycles. The highest BCUT2D eigenvalue weighted by atomic mass is 32.1. The fourth-order valence-electron chi connectivity index (χ4n) is 5.82. The maximum absolute atomic E-state index is 13.2. The predicted octanol–water partition coefficient (Wildman–Crippen LogP) is 7.28. The van der Waals surface area contributed by atoms with Crippen LogP contribution in [0.3, 0.4) is 0 Å². The third-order valence-corrected chi connectivity index (χ3v) is 9.33. The summed E-state index contributed by atoms with van der Waals surface area (Å²) in [5, 5.41) is 4.37. The average Bonchev–Trinajstić information content (AvgIpc) is 3.56. The molecule has 2 amide bonds. The lowest BCUT2D eigenvalue weighted by atomic mass is 9.94. The first-order valence-corrected chi connectivity index (χ1v) is 14.3. The largest absolute Gasteiger partial charge is 0.355 e. The van der Waals surface area contributed by atoms with Crippen LogP contribution in [-0.2, 0) is 17.6 Å². The Kier molecular flexibility index (Phi) is 6.44. The summed E-state index contributed by atoms with van der Waals surface area (Å²) < 4.78 is 0. The summed E-state index contributed by atoms with van der Waals surface area (Å²) in [7, 11) is 0. The summed E-state index contributed by atoms with van der Waals surface area (Å²) >= 11 is 1.65. The van der Waals surface area contributed by atoms with Crippen LogP contribution in [0.2, 0.25) is 0 Å². The van der Waals surface area contributed by atoms with Gasteiger partial charge in [0.15, 0.2) is 0 Å². The fourth-order valence-corrected chi connectivity index (χ4v) is 6.97. The Morgan fingerprint density at radius 3 is 2.61 bits per heavy atom. The number of hydrogen-bond donors (Lipinski definition) is 2. The molecule has 38 heavy (non-hydrogen) atoms. The maximum atomic E-state index is 13.2. The Balaban J connectivity index is 1.33. The van der Waals surface area contributed by atoms with Gasteiger partial charge in [-0.3, -0.25) is 9.59 Å². The van der Waals surface area contributed by atoms with Gasteiger partial charge in [0.2, 0.25) is 5.91 Å². The van der Waals surface area contributed by atoms with Crippen molar-refractivity contribution in [3.8, 4) is 11.1 Å². The highest BCUT2D eigenvalue weighted by Crippen LogP contribution is 2.37. The van der Waals surface area contributed by atoms with Gasteiger partial charge in [-0.05, 0) is 97.5 Å². The van der Waals surface area contributed by atoms with E-state index in [1.165, 1.54) is 39.8 Å². The molecule has 3 heterocycles. The lowest BCUT2D eigenvalue weighted by Gasteiger charge is -2.24. The first-order chi connectivity index (χ1) is 18.4. The standard InChI is InChI=1S/C32H33N3O2S/c1-19-11-12-25(26-18-28(33-31(19)26)22-13-15-35(16-14-22)21(3)36)24-8-6-9-27(20(24)2)34-32(37)30-17-23-7-4-5-10-29(23)38-30/h6,8-9,11-13,17-18,33H,4-5,7,10,14-16H2,1-3H3,(H,34,37). The lowest BCUT2D eigenvalue weighted by Crippen LogP contribution is -2.32. The van der Waals surface area contributed by atoms with Gasteiger partial charge in [0.25, 0.3) is 5.91 Å². The number of thiophene rings is 1. The molecule has 6 rings (SSSR count). The van der Waals surface area contributed by atoms with Crippen molar-refractivity contribution >= 4 is 45.3 Å². The number of amides is 2. The van der Waals surface area contributed by atoms with Gasteiger partial charge in [-0.1, -0.05) is 30.3 Å². The van der Waals surface area contributed by atoms with Gasteiger partial charge in [-0.2, -0.15) is 0 Å². The quantitative estimate of drug-likeness (QED) is 0.295. The van der Waals surface area contributed by atoms with Gasteiger partial charge in [0, 0.05) is 47.2 Å². The molecule has 194 valence electrons. The van der Waals surface area contributed by atoms with E-state index in [2.05, 4.69) is 60.6 Å². The van der Waals surface area contributed by atoms with Crippen LogP contribution in [0.5, 0.6) is 0 Å². The summed E-state index contributed by atoms with van der Waals surface area (Å²) in [6.07, 6.45) is 7.61. The minimum Gasteiger partial charge on any atom is -0.355 e. The number of carbonyl (C=O) groups excluding carboxylic acids is 2. The van der Waals surface area contributed by atoms with Crippen LogP contribution in [0.1, 0.15) is 63.1 Å². The second-order valence-corrected chi connectivity index (χ2v) is 11.7. The van der Waals surface area contributed by atoms with Gasteiger partial charge in [0.1, 0.15) is 0 Å². The number of anilines is 1. The van der Waals surface area contributed by atoms with Crippen molar-refractivity contribution in [2.24, 2.45) is 0 Å². The van der Waals surface area contributed by atoms with Crippen LogP contribution in [0.15, 0.2) is 48.5 Å². The third-order valence-electron chi connectivity index (χ3n) is 8.10. The van der Waals surface area contributed by atoms with E-state index >= 15 is 0 Å². The minimum absolute atomic E-state index is 0.0218. The molecule has 2 aromatic carbocycles. The van der Waals surface area contributed by atoms with Crippen LogP contribution >= 0.6 is 11.3 Å². The summed E-state index contributed by atoms with van der Waals surface area (Å²) in [6.45, 7) is 7.24. The molecular weight excluding hydrogens is 490 g/mol. The summed E-state index contributed by atoms with van der Waals surface area (Å²) in [5.41, 5.74) is 10.2. The molecule has 0 unspecified atom stereocenters. The van der Waals surface area contributed by atoms with Gasteiger partial charge >= 0.3 is 0 Å². The number of H-pyrrole nitrogens is 1. The van der Waals surface area contributed by atoms with E-state index in [0.717, 1.165) is 64.3 Å². The number of benzene rings is 2. The Bertz CT molecular complexity index is 1580. The second kappa shape index (κ2) is 9.91. The van der Waals surface area contributed by atoms with Gasteiger partial charge in [-0.15, -0.1) is 11.3 Å². The molecule has 0 radical (unpaired) electrons. The van der Waals surface area contributed by atoms with Crippen molar-refractivity contribution in [1.29, 1.82) is 0 Å². The van der Waals surface area contributed by atoms with E-state index in [-0.39, 0.29) is 11.8 Å². The number of carbonyl (C=O) groups is 2. The first kappa shape index (κ1) is 24.7. The molecule has 4 aromatic rings. The lowest BCUT2D eigenvalue weighted by molar-refractivity contribution is -0.128. The number of aromatic amines is 1. The average molecular weight is 524 g/mol. The van der Waals surface area contributed by atoms with Crippen molar-refractivity contribution in [3.05, 3.63) is 80.7 Å². The van der Waals surface area contributed by atoms with Crippen LogP contribution in [0.4, 0.5) is 5.69 Å². The molecule has 0 fully saturated rings. The predicted molar refractivity (Wildman–Crippen MR) is 157 cm³/mol. The molecule has 2 aromatic heterocycles. The summed E-state index contributed by atoms with van der Waals surface area (Å²) in [4.78, 5) is 32.7. The van der Waals surface area contributed by atoms with Crippen LogP contribution < -0.4 is 5.32 Å². The number of hydrogen-bond acceptors (Lipinski definition) is 3. The fraction of sp³-hybridized carbons (Fsp3) is 0.312. The smallest absolute Gasteiger partial charge is 0.265 e. The van der Waals surface area contributed by atoms with Gasteiger partial charge < -0.3 is 15.2 Å². The molecule has 0 saturated heterocycles. The number of rotatable bonds is 4. The molecule has 5 nitrogen and oxygen atoms in total. The van der Waals surface area contributed by atoms with Crippen LogP contribution in [0, 0.1) is 13.8 Å². The Morgan fingerprint density at radius 2 is 1.84 bits per heavy atom. The molecule has 0 atom stereocenters. The zero-order valence-corrected chi connectivity index (χ0v) is 23.1. The molecule has 6 heteroatoms. The van der Waals surface area contributed by atoms with Crippen molar-refractivity contribution in [3.63, 3.8) is 0 Å². The number of fused-ring (bicyclic) bond motifs is 2. The normalized spacial score (nSPS) is 15.3. The summed E-state index contributed by atoms with van der Waals surface area (Å²) in [5.74, 6) is 0.0997. The number of aryl methyl sites for hydroxylation is 3. The zero-order chi connectivity index (χ0) is 26.4. The number of nitrogens with zero attached hydrogens (tertiary/aromatic N) is 1. The Morgan fingerprint density at radius 1 is 1.00 bits per heavy atom. The van der Waals surface area contributed by atoms with Gasteiger partial charge in [-0.25, -0.2) is 0 Å². The van der Waals surface area contributed by atoms with Crippen LogP contribution in [0.25, 0.3) is 27.6 Å². The van der Waals surface area contributed by atoms with E-state index in [9.17, 15) is 9.59 Å².